The predicted molar refractivity (Wildman–Crippen MR) is 78.1 cm³/mol. The molecule has 4 nitrogen and oxygen atoms in total. The molecule has 0 saturated heterocycles. The van der Waals surface area contributed by atoms with Gasteiger partial charge >= 0.3 is 5.97 Å². The molecule has 108 valence electrons. The van der Waals surface area contributed by atoms with Gasteiger partial charge in [0, 0.05) is 6.07 Å². The number of rotatable bonds is 6. The third kappa shape index (κ3) is 3.75. The average Bonchev–Trinajstić information content (AvgIpc) is 3.30. The van der Waals surface area contributed by atoms with Crippen LogP contribution in [0.4, 0.5) is 0 Å². The van der Waals surface area contributed by atoms with Crippen LogP contribution in [-0.4, -0.2) is 17.7 Å². The second-order valence-corrected chi connectivity index (χ2v) is 5.16. The molecule has 1 fully saturated rings. The van der Waals surface area contributed by atoms with Crippen molar-refractivity contribution in [1.82, 2.24) is 0 Å². The van der Waals surface area contributed by atoms with E-state index in [9.17, 15) is 4.79 Å². The Hall–Kier alpha value is -2.49. The second kappa shape index (κ2) is 5.87. The highest BCUT2D eigenvalue weighted by Gasteiger charge is 2.21. The van der Waals surface area contributed by atoms with Gasteiger partial charge in [0.15, 0.2) is 0 Å². The lowest BCUT2D eigenvalue weighted by Gasteiger charge is -2.09. The normalized spacial score (nSPS) is 13.7. The molecular weight excluding hydrogens is 268 g/mol. The fourth-order valence-electron chi connectivity index (χ4n) is 1.93. The van der Waals surface area contributed by atoms with Crippen LogP contribution in [0.1, 0.15) is 23.2 Å². The van der Waals surface area contributed by atoms with E-state index >= 15 is 0 Å². The van der Waals surface area contributed by atoms with Crippen LogP contribution in [0, 0.1) is 5.92 Å². The van der Waals surface area contributed by atoms with Gasteiger partial charge < -0.3 is 14.6 Å². The molecule has 0 atom stereocenters. The van der Waals surface area contributed by atoms with Crippen molar-refractivity contribution in [1.29, 1.82) is 0 Å². The summed E-state index contributed by atoms with van der Waals surface area (Å²) in [5.74, 6) is 1.82. The summed E-state index contributed by atoms with van der Waals surface area (Å²) in [5.41, 5.74) is 0.240. The Morgan fingerprint density at radius 3 is 2.43 bits per heavy atom. The van der Waals surface area contributed by atoms with Crippen LogP contribution < -0.4 is 9.47 Å². The van der Waals surface area contributed by atoms with Crippen LogP contribution in [0.3, 0.4) is 0 Å². The largest absolute Gasteiger partial charge is 0.493 e. The minimum atomic E-state index is -0.947. The Labute approximate surface area is 122 Å². The number of aromatic carboxylic acids is 1. The average molecular weight is 284 g/mol. The zero-order valence-corrected chi connectivity index (χ0v) is 11.5. The van der Waals surface area contributed by atoms with E-state index in [2.05, 4.69) is 0 Å². The van der Waals surface area contributed by atoms with E-state index in [0.29, 0.717) is 17.4 Å². The highest BCUT2D eigenvalue weighted by molar-refractivity contribution is 5.87. The Kier molecular flexibility index (Phi) is 3.77. The van der Waals surface area contributed by atoms with E-state index in [-0.39, 0.29) is 5.56 Å². The van der Waals surface area contributed by atoms with E-state index in [1.165, 1.54) is 25.0 Å². The SMILES string of the molecule is O=C(O)c1ccc(Oc2cccc(OCC3CC3)c2)cc1. The number of ether oxygens (including phenoxy) is 2. The van der Waals surface area contributed by atoms with Crippen LogP contribution >= 0.6 is 0 Å². The first kappa shape index (κ1) is 13.5. The molecule has 21 heavy (non-hydrogen) atoms. The molecule has 1 saturated carbocycles. The van der Waals surface area contributed by atoms with Gasteiger partial charge in [0.25, 0.3) is 0 Å². The van der Waals surface area contributed by atoms with Crippen LogP contribution in [0.2, 0.25) is 0 Å². The first-order valence-corrected chi connectivity index (χ1v) is 6.95. The van der Waals surface area contributed by atoms with Crippen molar-refractivity contribution >= 4 is 5.97 Å². The first-order valence-electron chi connectivity index (χ1n) is 6.95. The van der Waals surface area contributed by atoms with Gasteiger partial charge in [-0.2, -0.15) is 0 Å². The summed E-state index contributed by atoms with van der Waals surface area (Å²) in [6, 6.07) is 13.8. The molecule has 2 aromatic carbocycles. The van der Waals surface area contributed by atoms with E-state index in [1.807, 2.05) is 24.3 Å². The molecule has 0 unspecified atom stereocenters. The molecule has 0 aliphatic heterocycles. The Morgan fingerprint density at radius 1 is 1.05 bits per heavy atom. The summed E-state index contributed by atoms with van der Waals surface area (Å²) in [4.78, 5) is 10.8. The summed E-state index contributed by atoms with van der Waals surface area (Å²) in [7, 11) is 0. The Morgan fingerprint density at radius 2 is 1.76 bits per heavy atom. The summed E-state index contributed by atoms with van der Waals surface area (Å²) < 4.78 is 11.4. The molecule has 2 aromatic rings. The van der Waals surface area contributed by atoms with Gasteiger partial charge in [-0.05, 0) is 55.2 Å². The molecule has 3 rings (SSSR count). The molecule has 1 N–H and O–H groups in total. The lowest BCUT2D eigenvalue weighted by molar-refractivity contribution is 0.0697. The second-order valence-electron chi connectivity index (χ2n) is 5.16. The molecule has 4 heteroatoms. The molecule has 0 spiro atoms. The van der Waals surface area contributed by atoms with E-state index in [0.717, 1.165) is 12.4 Å². The monoisotopic (exact) mass is 284 g/mol. The third-order valence-corrected chi connectivity index (χ3v) is 3.33. The molecule has 1 aliphatic rings. The minimum absolute atomic E-state index is 0.240. The summed E-state index contributed by atoms with van der Waals surface area (Å²) in [6.07, 6.45) is 2.51. The van der Waals surface area contributed by atoms with Crippen molar-refractivity contribution in [3.8, 4) is 17.2 Å². The minimum Gasteiger partial charge on any atom is -0.493 e. The van der Waals surface area contributed by atoms with E-state index in [4.69, 9.17) is 14.6 Å². The molecule has 0 aromatic heterocycles. The quantitative estimate of drug-likeness (QED) is 0.872. The Balaban J connectivity index is 1.65. The Bertz CT molecular complexity index is 629. The van der Waals surface area contributed by atoms with Crippen LogP contribution in [0.25, 0.3) is 0 Å². The molecule has 0 amide bonds. The highest BCUT2D eigenvalue weighted by Crippen LogP contribution is 2.31. The van der Waals surface area contributed by atoms with Crippen molar-refractivity contribution in [2.45, 2.75) is 12.8 Å². The topological polar surface area (TPSA) is 55.8 Å². The lowest BCUT2D eigenvalue weighted by atomic mass is 10.2. The molecule has 0 bridgehead atoms. The van der Waals surface area contributed by atoms with Crippen LogP contribution in [-0.2, 0) is 0 Å². The predicted octanol–water partition coefficient (Wildman–Crippen LogP) is 3.97. The first-order chi connectivity index (χ1) is 10.2. The number of carbonyl (C=O) groups is 1. The lowest BCUT2D eigenvalue weighted by Crippen LogP contribution is -1.98. The van der Waals surface area contributed by atoms with Crippen molar-refractivity contribution < 1.29 is 19.4 Å². The maximum absolute atomic E-state index is 10.8. The fraction of sp³-hybridized carbons (Fsp3) is 0.235. The van der Waals surface area contributed by atoms with Gasteiger partial charge in [0.2, 0.25) is 0 Å². The van der Waals surface area contributed by atoms with Gasteiger partial charge in [0.05, 0.1) is 12.2 Å². The summed E-state index contributed by atoms with van der Waals surface area (Å²) >= 11 is 0. The third-order valence-electron chi connectivity index (χ3n) is 3.33. The van der Waals surface area contributed by atoms with Crippen LogP contribution in [0.15, 0.2) is 48.5 Å². The molecular formula is C17H16O4. The van der Waals surface area contributed by atoms with E-state index < -0.39 is 5.97 Å². The van der Waals surface area contributed by atoms with Gasteiger partial charge in [-0.3, -0.25) is 0 Å². The van der Waals surface area contributed by atoms with Crippen molar-refractivity contribution in [3.05, 3.63) is 54.1 Å². The highest BCUT2D eigenvalue weighted by atomic mass is 16.5. The smallest absolute Gasteiger partial charge is 0.335 e. The maximum Gasteiger partial charge on any atom is 0.335 e. The molecule has 0 heterocycles. The summed E-state index contributed by atoms with van der Waals surface area (Å²) in [5, 5.41) is 8.85. The fourth-order valence-corrected chi connectivity index (χ4v) is 1.93. The van der Waals surface area contributed by atoms with Gasteiger partial charge in [-0.1, -0.05) is 6.07 Å². The zero-order valence-electron chi connectivity index (χ0n) is 11.5. The van der Waals surface area contributed by atoms with Crippen molar-refractivity contribution in [2.75, 3.05) is 6.61 Å². The standard InChI is InChI=1S/C17H16O4/c18-17(19)13-6-8-14(9-7-13)21-16-3-1-2-15(10-16)20-11-12-4-5-12/h1-3,6-10,12H,4-5,11H2,(H,18,19). The van der Waals surface area contributed by atoms with Gasteiger partial charge in [-0.15, -0.1) is 0 Å². The van der Waals surface area contributed by atoms with Gasteiger partial charge in [-0.25, -0.2) is 4.79 Å². The zero-order chi connectivity index (χ0) is 14.7. The number of hydrogen-bond acceptors (Lipinski definition) is 3. The van der Waals surface area contributed by atoms with Gasteiger partial charge in [0.1, 0.15) is 17.2 Å². The maximum atomic E-state index is 10.8. The molecule has 1 aliphatic carbocycles. The van der Waals surface area contributed by atoms with Crippen LogP contribution in [0.5, 0.6) is 17.2 Å². The number of carboxylic acids is 1. The van der Waals surface area contributed by atoms with Crippen molar-refractivity contribution in [2.24, 2.45) is 5.92 Å². The summed E-state index contributed by atoms with van der Waals surface area (Å²) in [6.45, 7) is 0.761. The number of benzene rings is 2. The number of carboxylic acid groups (broad SMARTS) is 1. The van der Waals surface area contributed by atoms with Crippen molar-refractivity contribution in [3.63, 3.8) is 0 Å². The molecule has 0 radical (unpaired) electrons. The number of hydrogen-bond donors (Lipinski definition) is 1. The van der Waals surface area contributed by atoms with E-state index in [1.54, 1.807) is 12.1 Å².